The number of nitrogens with one attached hydrogen (secondary N) is 1. The summed E-state index contributed by atoms with van der Waals surface area (Å²) in [6.07, 6.45) is 1.79. The highest BCUT2D eigenvalue weighted by molar-refractivity contribution is 7.99. The molecule has 0 unspecified atom stereocenters. The maximum absolute atomic E-state index is 13.7. The number of halogens is 2. The van der Waals surface area contributed by atoms with Crippen LogP contribution in [0.4, 0.5) is 14.5 Å². The molecule has 1 saturated carbocycles. The predicted octanol–water partition coefficient (Wildman–Crippen LogP) is 3.74. The van der Waals surface area contributed by atoms with Crippen molar-refractivity contribution in [3.05, 3.63) is 64.5 Å². The number of thioether (sulfide) groups is 1. The SMILES string of the molecule is O=C(CSc1nc2ccccc2c(=O)n1C1CC1)Nc1cc(F)ccc1F. The van der Waals surface area contributed by atoms with Gasteiger partial charge >= 0.3 is 0 Å². The zero-order chi connectivity index (χ0) is 19.0. The molecule has 4 rings (SSSR count). The molecule has 27 heavy (non-hydrogen) atoms. The molecule has 0 atom stereocenters. The van der Waals surface area contributed by atoms with Gasteiger partial charge in [0.2, 0.25) is 5.91 Å². The van der Waals surface area contributed by atoms with Crippen molar-refractivity contribution < 1.29 is 13.6 Å². The highest BCUT2D eigenvalue weighted by Crippen LogP contribution is 2.36. The van der Waals surface area contributed by atoms with Crippen molar-refractivity contribution in [3.63, 3.8) is 0 Å². The smallest absolute Gasteiger partial charge is 0.262 e. The molecule has 138 valence electrons. The summed E-state index contributed by atoms with van der Waals surface area (Å²) >= 11 is 1.11. The maximum Gasteiger partial charge on any atom is 0.262 e. The number of hydrogen-bond acceptors (Lipinski definition) is 4. The van der Waals surface area contributed by atoms with Gasteiger partial charge in [0.05, 0.1) is 22.3 Å². The first-order valence-corrected chi connectivity index (χ1v) is 9.40. The quantitative estimate of drug-likeness (QED) is 0.535. The average molecular weight is 387 g/mol. The van der Waals surface area contributed by atoms with E-state index in [1.807, 2.05) is 0 Å². The third-order valence-corrected chi connectivity index (χ3v) is 5.18. The number of anilines is 1. The van der Waals surface area contributed by atoms with Crippen LogP contribution in [0.1, 0.15) is 18.9 Å². The molecule has 2 aromatic carbocycles. The lowest BCUT2D eigenvalue weighted by molar-refractivity contribution is -0.113. The standard InChI is InChI=1S/C19H15F2N3O2S/c20-11-5-8-14(21)16(9-11)22-17(25)10-27-19-23-15-4-2-1-3-13(15)18(26)24(19)12-6-7-12/h1-5,8-9,12H,6-7,10H2,(H,22,25). The molecule has 1 heterocycles. The number of hydrogen-bond donors (Lipinski definition) is 1. The number of carbonyl (C=O) groups excluding carboxylic acids is 1. The van der Waals surface area contributed by atoms with Gasteiger partial charge in [-0.25, -0.2) is 13.8 Å². The minimum absolute atomic E-state index is 0.0759. The van der Waals surface area contributed by atoms with Crippen LogP contribution < -0.4 is 10.9 Å². The van der Waals surface area contributed by atoms with Crippen molar-refractivity contribution in [2.45, 2.75) is 24.0 Å². The minimum atomic E-state index is -0.714. The lowest BCUT2D eigenvalue weighted by Gasteiger charge is -2.12. The second kappa shape index (κ2) is 7.11. The van der Waals surface area contributed by atoms with Crippen molar-refractivity contribution in [2.75, 3.05) is 11.1 Å². The molecular formula is C19H15F2N3O2S. The Labute approximate surface area is 157 Å². The molecular weight excluding hydrogens is 372 g/mol. The van der Waals surface area contributed by atoms with Gasteiger partial charge in [-0.1, -0.05) is 23.9 Å². The molecule has 3 aromatic rings. The second-order valence-corrected chi connectivity index (χ2v) is 7.22. The van der Waals surface area contributed by atoms with E-state index in [9.17, 15) is 18.4 Å². The number of nitrogens with zero attached hydrogens (tertiary/aromatic N) is 2. The lowest BCUT2D eigenvalue weighted by Crippen LogP contribution is -2.23. The number of aromatic nitrogens is 2. The fourth-order valence-corrected chi connectivity index (χ4v) is 3.66. The van der Waals surface area contributed by atoms with Crippen LogP contribution in [0.25, 0.3) is 10.9 Å². The first-order valence-electron chi connectivity index (χ1n) is 8.42. The number of amides is 1. The zero-order valence-corrected chi connectivity index (χ0v) is 14.9. The first-order chi connectivity index (χ1) is 13.0. The van der Waals surface area contributed by atoms with E-state index in [4.69, 9.17) is 0 Å². The van der Waals surface area contributed by atoms with Gasteiger partial charge in [-0.3, -0.25) is 14.2 Å². The number of rotatable bonds is 5. The van der Waals surface area contributed by atoms with Gasteiger partial charge in [-0.15, -0.1) is 0 Å². The number of benzene rings is 2. The van der Waals surface area contributed by atoms with Gasteiger partial charge in [0, 0.05) is 12.1 Å². The largest absolute Gasteiger partial charge is 0.323 e. The van der Waals surface area contributed by atoms with E-state index in [0.717, 1.165) is 42.8 Å². The fraction of sp³-hybridized carbons (Fsp3) is 0.211. The van der Waals surface area contributed by atoms with Crippen LogP contribution in [0.5, 0.6) is 0 Å². The van der Waals surface area contributed by atoms with Crippen LogP contribution in [-0.2, 0) is 4.79 Å². The second-order valence-electron chi connectivity index (χ2n) is 6.28. The Kier molecular flexibility index (Phi) is 4.65. The van der Waals surface area contributed by atoms with Crippen LogP contribution in [0.3, 0.4) is 0 Å². The normalized spacial score (nSPS) is 13.7. The van der Waals surface area contributed by atoms with Crippen LogP contribution in [-0.4, -0.2) is 21.2 Å². The summed E-state index contributed by atoms with van der Waals surface area (Å²) in [5.41, 5.74) is 0.229. The molecule has 1 fully saturated rings. The number of fused-ring (bicyclic) bond motifs is 1. The van der Waals surface area contributed by atoms with E-state index in [0.29, 0.717) is 16.1 Å². The van der Waals surface area contributed by atoms with Gasteiger partial charge in [0.25, 0.3) is 5.56 Å². The molecule has 1 aliphatic carbocycles. The third kappa shape index (κ3) is 3.71. The lowest BCUT2D eigenvalue weighted by atomic mass is 10.2. The summed E-state index contributed by atoms with van der Waals surface area (Å²) in [7, 11) is 0. The molecule has 8 heteroatoms. The Morgan fingerprint density at radius 3 is 2.78 bits per heavy atom. The molecule has 0 aliphatic heterocycles. The van der Waals surface area contributed by atoms with Crippen LogP contribution in [0.2, 0.25) is 0 Å². The minimum Gasteiger partial charge on any atom is -0.323 e. The summed E-state index contributed by atoms with van der Waals surface area (Å²) in [4.78, 5) is 29.4. The molecule has 1 aromatic heterocycles. The van der Waals surface area contributed by atoms with Gasteiger partial charge in [0.1, 0.15) is 11.6 Å². The van der Waals surface area contributed by atoms with Gasteiger partial charge in [-0.05, 0) is 37.1 Å². The Balaban J connectivity index is 1.56. The molecule has 1 amide bonds. The van der Waals surface area contributed by atoms with E-state index in [1.54, 1.807) is 28.8 Å². The predicted molar refractivity (Wildman–Crippen MR) is 100.0 cm³/mol. The third-order valence-electron chi connectivity index (χ3n) is 4.22. The molecule has 0 saturated heterocycles. The monoisotopic (exact) mass is 387 g/mol. The first kappa shape index (κ1) is 17.7. The topological polar surface area (TPSA) is 64.0 Å². The van der Waals surface area contributed by atoms with Gasteiger partial charge < -0.3 is 5.32 Å². The highest BCUT2D eigenvalue weighted by Gasteiger charge is 2.28. The molecule has 1 N–H and O–H groups in total. The summed E-state index contributed by atoms with van der Waals surface area (Å²) in [5.74, 6) is -1.94. The Morgan fingerprint density at radius 1 is 1.22 bits per heavy atom. The Bertz CT molecular complexity index is 1100. The summed E-state index contributed by atoms with van der Waals surface area (Å²) < 4.78 is 28.5. The van der Waals surface area contributed by atoms with Crippen LogP contribution >= 0.6 is 11.8 Å². The maximum atomic E-state index is 13.7. The average Bonchev–Trinajstić information content (AvgIpc) is 3.48. The van der Waals surface area contributed by atoms with E-state index in [1.165, 1.54) is 0 Å². The van der Waals surface area contributed by atoms with Crippen molar-refractivity contribution in [1.82, 2.24) is 9.55 Å². The summed E-state index contributed by atoms with van der Waals surface area (Å²) in [6, 6.07) is 10.0. The summed E-state index contributed by atoms with van der Waals surface area (Å²) in [6.45, 7) is 0. The summed E-state index contributed by atoms with van der Waals surface area (Å²) in [5, 5.41) is 3.34. The van der Waals surface area contributed by atoms with Crippen LogP contribution in [0, 0.1) is 11.6 Å². The number of para-hydroxylation sites is 1. The molecule has 0 bridgehead atoms. The van der Waals surface area contributed by atoms with Gasteiger partial charge in [0.15, 0.2) is 5.16 Å². The number of carbonyl (C=O) groups is 1. The fourth-order valence-electron chi connectivity index (χ4n) is 2.79. The zero-order valence-electron chi connectivity index (χ0n) is 14.1. The molecule has 0 radical (unpaired) electrons. The van der Waals surface area contributed by atoms with Crippen LogP contribution in [0.15, 0.2) is 52.4 Å². The molecule has 5 nitrogen and oxygen atoms in total. The van der Waals surface area contributed by atoms with Crippen molar-refractivity contribution in [2.24, 2.45) is 0 Å². The van der Waals surface area contributed by atoms with E-state index >= 15 is 0 Å². The van der Waals surface area contributed by atoms with E-state index < -0.39 is 17.5 Å². The van der Waals surface area contributed by atoms with Crippen molar-refractivity contribution in [3.8, 4) is 0 Å². The molecule has 0 spiro atoms. The van der Waals surface area contributed by atoms with E-state index in [2.05, 4.69) is 10.3 Å². The van der Waals surface area contributed by atoms with Crippen molar-refractivity contribution in [1.29, 1.82) is 0 Å². The van der Waals surface area contributed by atoms with Crippen molar-refractivity contribution >= 4 is 34.3 Å². The molecule has 1 aliphatic rings. The van der Waals surface area contributed by atoms with E-state index in [-0.39, 0.29) is 23.0 Å². The van der Waals surface area contributed by atoms with Gasteiger partial charge in [-0.2, -0.15) is 0 Å². The Morgan fingerprint density at radius 2 is 2.00 bits per heavy atom. The highest BCUT2D eigenvalue weighted by atomic mass is 32.2. The Hall–Kier alpha value is -2.74.